The lowest BCUT2D eigenvalue weighted by Gasteiger charge is -2.35. The average molecular weight is 261 g/mol. The SMILES string of the molecule is CCOC1(C(N)Cc2ccc(C)c(C)c2)CCCC1. The second-order valence-electron chi connectivity index (χ2n) is 5.93. The van der Waals surface area contributed by atoms with Gasteiger partial charge in [0.25, 0.3) is 0 Å². The number of ether oxygens (including phenoxy) is 1. The molecule has 1 aliphatic rings. The van der Waals surface area contributed by atoms with Gasteiger partial charge in [0.2, 0.25) is 0 Å². The Morgan fingerprint density at radius 2 is 1.89 bits per heavy atom. The number of hydrogen-bond donors (Lipinski definition) is 1. The van der Waals surface area contributed by atoms with Crippen molar-refractivity contribution in [3.8, 4) is 0 Å². The molecule has 1 saturated carbocycles. The van der Waals surface area contributed by atoms with Gasteiger partial charge < -0.3 is 10.5 Å². The van der Waals surface area contributed by atoms with Crippen LogP contribution in [0.15, 0.2) is 18.2 Å². The lowest BCUT2D eigenvalue weighted by Crippen LogP contribution is -2.49. The lowest BCUT2D eigenvalue weighted by atomic mass is 9.87. The van der Waals surface area contributed by atoms with Crippen molar-refractivity contribution >= 4 is 0 Å². The second-order valence-corrected chi connectivity index (χ2v) is 5.93. The zero-order valence-electron chi connectivity index (χ0n) is 12.5. The quantitative estimate of drug-likeness (QED) is 0.880. The molecule has 19 heavy (non-hydrogen) atoms. The smallest absolute Gasteiger partial charge is 0.0835 e. The van der Waals surface area contributed by atoms with E-state index in [9.17, 15) is 0 Å². The first-order valence-corrected chi connectivity index (χ1v) is 7.53. The molecule has 2 N–H and O–H groups in total. The Morgan fingerprint density at radius 1 is 1.21 bits per heavy atom. The normalized spacial score (nSPS) is 19.6. The zero-order valence-corrected chi connectivity index (χ0v) is 12.5. The maximum atomic E-state index is 6.50. The fourth-order valence-electron chi connectivity index (χ4n) is 3.25. The number of aryl methyl sites for hydroxylation is 2. The molecule has 0 radical (unpaired) electrons. The van der Waals surface area contributed by atoms with Crippen LogP contribution in [-0.4, -0.2) is 18.2 Å². The van der Waals surface area contributed by atoms with Crippen LogP contribution in [0.3, 0.4) is 0 Å². The predicted octanol–water partition coefficient (Wildman–Crippen LogP) is 3.52. The van der Waals surface area contributed by atoms with Crippen LogP contribution in [0.25, 0.3) is 0 Å². The summed E-state index contributed by atoms with van der Waals surface area (Å²) in [7, 11) is 0. The minimum absolute atomic E-state index is 0.0759. The minimum atomic E-state index is -0.0759. The van der Waals surface area contributed by atoms with E-state index in [1.807, 2.05) is 0 Å². The van der Waals surface area contributed by atoms with Gasteiger partial charge in [-0.3, -0.25) is 0 Å². The average Bonchev–Trinajstić information content (AvgIpc) is 2.84. The molecule has 0 heterocycles. The van der Waals surface area contributed by atoms with E-state index in [-0.39, 0.29) is 11.6 Å². The highest BCUT2D eigenvalue weighted by molar-refractivity contribution is 5.30. The number of nitrogens with two attached hydrogens (primary N) is 1. The van der Waals surface area contributed by atoms with E-state index < -0.39 is 0 Å². The summed E-state index contributed by atoms with van der Waals surface area (Å²) in [4.78, 5) is 0. The first-order chi connectivity index (χ1) is 9.07. The monoisotopic (exact) mass is 261 g/mol. The van der Waals surface area contributed by atoms with Crippen LogP contribution in [0.2, 0.25) is 0 Å². The van der Waals surface area contributed by atoms with Crippen LogP contribution in [0.4, 0.5) is 0 Å². The molecule has 0 amide bonds. The Kier molecular flexibility index (Phi) is 4.64. The Morgan fingerprint density at radius 3 is 2.47 bits per heavy atom. The number of benzene rings is 1. The van der Waals surface area contributed by atoms with Crippen LogP contribution in [0.5, 0.6) is 0 Å². The lowest BCUT2D eigenvalue weighted by molar-refractivity contribution is -0.0525. The van der Waals surface area contributed by atoms with Gasteiger partial charge in [-0.15, -0.1) is 0 Å². The van der Waals surface area contributed by atoms with Crippen molar-refractivity contribution in [3.63, 3.8) is 0 Å². The summed E-state index contributed by atoms with van der Waals surface area (Å²) in [5.41, 5.74) is 10.4. The molecule has 2 nitrogen and oxygen atoms in total. The molecule has 0 aromatic heterocycles. The fourth-order valence-corrected chi connectivity index (χ4v) is 3.25. The molecule has 0 bridgehead atoms. The molecule has 1 atom stereocenters. The maximum absolute atomic E-state index is 6.50. The van der Waals surface area contributed by atoms with E-state index in [1.54, 1.807) is 0 Å². The van der Waals surface area contributed by atoms with Crippen molar-refractivity contribution in [2.24, 2.45) is 5.73 Å². The van der Waals surface area contributed by atoms with Gasteiger partial charge in [0.15, 0.2) is 0 Å². The Hall–Kier alpha value is -0.860. The molecule has 1 aliphatic carbocycles. The van der Waals surface area contributed by atoms with Crippen LogP contribution < -0.4 is 5.73 Å². The molecule has 1 unspecified atom stereocenters. The molecule has 0 spiro atoms. The van der Waals surface area contributed by atoms with Gasteiger partial charge in [0, 0.05) is 12.6 Å². The standard InChI is InChI=1S/C17H27NO/c1-4-19-17(9-5-6-10-17)16(18)12-15-8-7-13(2)14(3)11-15/h7-8,11,16H,4-6,9-10,12,18H2,1-3H3. The van der Waals surface area contributed by atoms with E-state index >= 15 is 0 Å². The summed E-state index contributed by atoms with van der Waals surface area (Å²) >= 11 is 0. The first kappa shape index (κ1) is 14.5. The van der Waals surface area contributed by atoms with Gasteiger partial charge in [-0.2, -0.15) is 0 Å². The Labute approximate surface area is 117 Å². The third kappa shape index (κ3) is 3.18. The van der Waals surface area contributed by atoms with Crippen LogP contribution in [0, 0.1) is 13.8 Å². The molecule has 0 aliphatic heterocycles. The summed E-state index contributed by atoms with van der Waals surface area (Å²) in [5.74, 6) is 0. The molecular weight excluding hydrogens is 234 g/mol. The highest BCUT2D eigenvalue weighted by atomic mass is 16.5. The molecule has 1 aromatic carbocycles. The van der Waals surface area contributed by atoms with E-state index in [4.69, 9.17) is 10.5 Å². The summed E-state index contributed by atoms with van der Waals surface area (Å²) in [5, 5.41) is 0. The van der Waals surface area contributed by atoms with Gasteiger partial charge in [0.05, 0.1) is 5.60 Å². The van der Waals surface area contributed by atoms with Crippen molar-refractivity contribution in [1.82, 2.24) is 0 Å². The van der Waals surface area contributed by atoms with Crippen molar-refractivity contribution in [3.05, 3.63) is 34.9 Å². The molecule has 2 rings (SSSR count). The van der Waals surface area contributed by atoms with E-state index in [1.165, 1.54) is 29.5 Å². The van der Waals surface area contributed by atoms with Crippen molar-refractivity contribution < 1.29 is 4.74 Å². The molecule has 2 heteroatoms. The molecule has 106 valence electrons. The van der Waals surface area contributed by atoms with Gasteiger partial charge in [0.1, 0.15) is 0 Å². The van der Waals surface area contributed by atoms with Crippen LogP contribution in [-0.2, 0) is 11.2 Å². The van der Waals surface area contributed by atoms with Gasteiger partial charge in [-0.05, 0) is 56.7 Å². The summed E-state index contributed by atoms with van der Waals surface area (Å²) in [6, 6.07) is 6.78. The summed E-state index contributed by atoms with van der Waals surface area (Å²) in [6.45, 7) is 7.15. The van der Waals surface area contributed by atoms with Crippen molar-refractivity contribution in [2.75, 3.05) is 6.61 Å². The minimum Gasteiger partial charge on any atom is -0.374 e. The third-order valence-corrected chi connectivity index (χ3v) is 4.58. The van der Waals surface area contributed by atoms with Crippen molar-refractivity contribution in [2.45, 2.75) is 64.5 Å². The van der Waals surface area contributed by atoms with Crippen molar-refractivity contribution in [1.29, 1.82) is 0 Å². The number of rotatable bonds is 5. The third-order valence-electron chi connectivity index (χ3n) is 4.58. The highest BCUT2D eigenvalue weighted by Gasteiger charge is 2.40. The van der Waals surface area contributed by atoms with E-state index in [2.05, 4.69) is 39.0 Å². The number of hydrogen-bond acceptors (Lipinski definition) is 2. The predicted molar refractivity (Wildman–Crippen MR) is 80.4 cm³/mol. The van der Waals surface area contributed by atoms with Gasteiger partial charge in [-0.1, -0.05) is 31.0 Å². The largest absolute Gasteiger partial charge is 0.374 e. The maximum Gasteiger partial charge on any atom is 0.0835 e. The van der Waals surface area contributed by atoms with E-state index in [0.717, 1.165) is 25.9 Å². The van der Waals surface area contributed by atoms with Gasteiger partial charge in [-0.25, -0.2) is 0 Å². The van der Waals surface area contributed by atoms with Gasteiger partial charge >= 0.3 is 0 Å². The molecule has 0 saturated heterocycles. The Bertz CT molecular complexity index is 421. The van der Waals surface area contributed by atoms with E-state index in [0.29, 0.717) is 0 Å². The molecule has 1 fully saturated rings. The van der Waals surface area contributed by atoms with Crippen LogP contribution >= 0.6 is 0 Å². The second kappa shape index (κ2) is 6.06. The van der Waals surface area contributed by atoms with Crippen LogP contribution in [0.1, 0.15) is 49.3 Å². The highest BCUT2D eigenvalue weighted by Crippen LogP contribution is 2.36. The first-order valence-electron chi connectivity index (χ1n) is 7.53. The molecule has 1 aromatic rings. The fraction of sp³-hybridized carbons (Fsp3) is 0.647. The summed E-state index contributed by atoms with van der Waals surface area (Å²) in [6.07, 6.45) is 5.65. The topological polar surface area (TPSA) is 35.2 Å². The summed E-state index contributed by atoms with van der Waals surface area (Å²) < 4.78 is 6.05. The Balaban J connectivity index is 2.10. The zero-order chi connectivity index (χ0) is 13.9. The molecular formula is C17H27NO.